The third kappa shape index (κ3) is 5.03. The summed E-state index contributed by atoms with van der Waals surface area (Å²) in [6.07, 6.45) is 7.79. The van der Waals surface area contributed by atoms with E-state index in [-0.39, 0.29) is 16.7 Å². The first kappa shape index (κ1) is 31.0. The zero-order chi connectivity index (χ0) is 32.3. The predicted octanol–water partition coefficient (Wildman–Crippen LogP) is 10.9. The summed E-state index contributed by atoms with van der Waals surface area (Å²) in [4.78, 5) is 0. The first-order chi connectivity index (χ1) is 21.3. The number of ether oxygens (including phenoxy) is 2. The molecule has 0 N–H and O–H groups in total. The highest BCUT2D eigenvalue weighted by Crippen LogP contribution is 2.61. The van der Waals surface area contributed by atoms with Crippen molar-refractivity contribution in [1.29, 1.82) is 0 Å². The third-order valence-corrected chi connectivity index (χ3v) is 10.1. The van der Waals surface area contributed by atoms with Crippen LogP contribution in [0.15, 0.2) is 96.6 Å². The largest absolute Gasteiger partial charge is 0.497 e. The van der Waals surface area contributed by atoms with Crippen molar-refractivity contribution in [2.75, 3.05) is 14.2 Å². The van der Waals surface area contributed by atoms with Crippen LogP contribution in [-0.2, 0) is 16.2 Å². The Hall–Kier alpha value is -4.04. The van der Waals surface area contributed by atoms with Crippen LogP contribution < -0.4 is 9.47 Å². The first-order valence-electron chi connectivity index (χ1n) is 16.3. The lowest BCUT2D eigenvalue weighted by molar-refractivity contribution is 0.413. The Bertz CT molecular complexity index is 1690. The van der Waals surface area contributed by atoms with E-state index in [0.29, 0.717) is 0 Å². The van der Waals surface area contributed by atoms with Crippen molar-refractivity contribution in [3.05, 3.63) is 141 Å². The number of benzene rings is 4. The van der Waals surface area contributed by atoms with Gasteiger partial charge in [-0.25, -0.2) is 0 Å². The van der Waals surface area contributed by atoms with Crippen molar-refractivity contribution in [2.24, 2.45) is 0 Å². The molecule has 4 aromatic carbocycles. The lowest BCUT2D eigenvalue weighted by Gasteiger charge is -2.43. The molecule has 45 heavy (non-hydrogen) atoms. The monoisotopic (exact) mass is 596 g/mol. The number of hydrogen-bond acceptors (Lipinski definition) is 2. The summed E-state index contributed by atoms with van der Waals surface area (Å²) in [5.74, 6) is 1.80. The van der Waals surface area contributed by atoms with Crippen molar-refractivity contribution < 1.29 is 9.47 Å². The molecule has 0 spiro atoms. The van der Waals surface area contributed by atoms with Gasteiger partial charge in [-0.1, -0.05) is 114 Å². The van der Waals surface area contributed by atoms with E-state index < -0.39 is 5.41 Å². The molecule has 0 bridgehead atoms. The molecule has 0 unspecified atom stereocenters. The second kappa shape index (κ2) is 11.1. The van der Waals surface area contributed by atoms with Crippen molar-refractivity contribution in [3.8, 4) is 22.6 Å². The van der Waals surface area contributed by atoms with E-state index in [9.17, 15) is 0 Å². The van der Waals surface area contributed by atoms with Gasteiger partial charge < -0.3 is 9.47 Å². The average molecular weight is 597 g/mol. The van der Waals surface area contributed by atoms with Gasteiger partial charge in [-0.2, -0.15) is 0 Å². The maximum absolute atomic E-state index is 5.66. The fourth-order valence-corrected chi connectivity index (χ4v) is 8.16. The molecule has 2 aliphatic carbocycles. The highest BCUT2D eigenvalue weighted by molar-refractivity contribution is 5.84. The van der Waals surface area contributed by atoms with Crippen LogP contribution in [0, 0.1) is 13.8 Å². The van der Waals surface area contributed by atoms with E-state index in [1.54, 1.807) is 14.2 Å². The predicted molar refractivity (Wildman–Crippen MR) is 189 cm³/mol. The van der Waals surface area contributed by atoms with E-state index in [4.69, 9.17) is 9.47 Å². The molecule has 0 aromatic heterocycles. The SMILES string of the molecule is COc1ccc(C(C2=CC=CC2)(c2ccc(OC)cc2)C2c3cc(C)c(C(C)(C)C)cc3-c3cc(C(C)(C)C)c(C)cc32)cc1. The van der Waals surface area contributed by atoms with Crippen molar-refractivity contribution in [3.63, 3.8) is 0 Å². The van der Waals surface area contributed by atoms with Gasteiger partial charge in [-0.3, -0.25) is 0 Å². The molecule has 6 rings (SSSR count). The summed E-state index contributed by atoms with van der Waals surface area (Å²) in [7, 11) is 3.48. The standard InChI is InChI=1S/C43H48O2/c1-27-23-36-34(25-38(27)41(3,4)5)35-26-39(42(6,7)8)28(2)24-37(35)40(36)43(29-13-11-12-14-29,30-15-19-32(44-9)20-16-30)31-17-21-33(45-10)22-18-31/h11-13,15-26,40H,14H2,1-10H3. The minimum atomic E-state index is -0.465. The van der Waals surface area contributed by atoms with Gasteiger partial charge in [0.25, 0.3) is 0 Å². The topological polar surface area (TPSA) is 18.5 Å². The van der Waals surface area contributed by atoms with Crippen LogP contribution in [0.1, 0.15) is 98.4 Å². The first-order valence-corrected chi connectivity index (χ1v) is 16.3. The highest BCUT2D eigenvalue weighted by Gasteiger charge is 2.51. The molecule has 4 aromatic rings. The van der Waals surface area contributed by atoms with E-state index in [1.165, 1.54) is 61.2 Å². The summed E-state index contributed by atoms with van der Waals surface area (Å²) in [5, 5.41) is 0. The summed E-state index contributed by atoms with van der Waals surface area (Å²) >= 11 is 0. The number of rotatable bonds is 6. The van der Waals surface area contributed by atoms with Gasteiger partial charge in [0.2, 0.25) is 0 Å². The molecular formula is C43H48O2. The van der Waals surface area contributed by atoms with Gasteiger partial charge in [-0.15, -0.1) is 0 Å². The van der Waals surface area contributed by atoms with Crippen LogP contribution in [0.4, 0.5) is 0 Å². The van der Waals surface area contributed by atoms with E-state index in [0.717, 1.165) is 17.9 Å². The van der Waals surface area contributed by atoms with Crippen LogP contribution in [-0.4, -0.2) is 14.2 Å². The molecule has 2 aliphatic rings. The molecule has 0 aliphatic heterocycles. The zero-order valence-corrected chi connectivity index (χ0v) is 28.8. The van der Waals surface area contributed by atoms with Crippen molar-refractivity contribution >= 4 is 0 Å². The molecule has 0 saturated heterocycles. The van der Waals surface area contributed by atoms with Crippen LogP contribution in [0.5, 0.6) is 11.5 Å². The molecule has 0 atom stereocenters. The Labute approximate surface area is 270 Å². The van der Waals surface area contributed by atoms with Crippen LogP contribution >= 0.6 is 0 Å². The second-order valence-electron chi connectivity index (χ2n) is 15.0. The van der Waals surface area contributed by atoms with Crippen LogP contribution in [0.3, 0.4) is 0 Å². The summed E-state index contributed by atoms with van der Waals surface area (Å²) < 4.78 is 11.3. The maximum atomic E-state index is 5.66. The quantitative estimate of drug-likeness (QED) is 0.220. The van der Waals surface area contributed by atoms with E-state index in [2.05, 4.69) is 146 Å². The Kier molecular flexibility index (Phi) is 7.63. The summed E-state index contributed by atoms with van der Waals surface area (Å²) in [6.45, 7) is 18.6. The zero-order valence-electron chi connectivity index (χ0n) is 28.8. The maximum Gasteiger partial charge on any atom is 0.118 e. The van der Waals surface area contributed by atoms with E-state index >= 15 is 0 Å². The fourth-order valence-electron chi connectivity index (χ4n) is 8.16. The minimum Gasteiger partial charge on any atom is -0.497 e. The smallest absolute Gasteiger partial charge is 0.118 e. The second-order valence-corrected chi connectivity index (χ2v) is 15.0. The Morgan fingerprint density at radius 2 is 1.02 bits per heavy atom. The van der Waals surface area contributed by atoms with Gasteiger partial charge in [0, 0.05) is 5.92 Å². The van der Waals surface area contributed by atoms with Gasteiger partial charge >= 0.3 is 0 Å². The molecule has 232 valence electrons. The average Bonchev–Trinajstić information content (AvgIpc) is 3.64. The molecule has 0 amide bonds. The lowest BCUT2D eigenvalue weighted by atomic mass is 9.58. The number of aryl methyl sites for hydroxylation is 2. The number of allylic oxidation sites excluding steroid dienone is 4. The molecular weight excluding hydrogens is 548 g/mol. The normalized spacial score (nSPS) is 14.8. The van der Waals surface area contributed by atoms with E-state index in [1.807, 2.05) is 0 Å². The Morgan fingerprint density at radius 3 is 1.36 bits per heavy atom. The molecule has 0 saturated carbocycles. The Balaban J connectivity index is 1.78. The highest BCUT2D eigenvalue weighted by atomic mass is 16.5. The lowest BCUT2D eigenvalue weighted by Crippen LogP contribution is -2.37. The number of fused-ring (bicyclic) bond motifs is 3. The molecule has 0 fully saturated rings. The van der Waals surface area contributed by atoms with Crippen molar-refractivity contribution in [1.82, 2.24) is 0 Å². The van der Waals surface area contributed by atoms with Gasteiger partial charge in [0.15, 0.2) is 0 Å². The van der Waals surface area contributed by atoms with Crippen molar-refractivity contribution in [2.45, 2.75) is 84.0 Å². The number of hydrogen-bond donors (Lipinski definition) is 0. The molecule has 0 heterocycles. The van der Waals surface area contributed by atoms with Gasteiger partial charge in [0.05, 0.1) is 19.6 Å². The van der Waals surface area contributed by atoms with Gasteiger partial charge in [-0.05, 0) is 111 Å². The minimum absolute atomic E-state index is 0.0376. The van der Waals surface area contributed by atoms with Crippen LogP contribution in [0.25, 0.3) is 11.1 Å². The van der Waals surface area contributed by atoms with Gasteiger partial charge in [0.1, 0.15) is 11.5 Å². The fraction of sp³-hybridized carbons (Fsp3) is 0.349. The molecule has 0 radical (unpaired) electrons. The third-order valence-electron chi connectivity index (χ3n) is 10.1. The Morgan fingerprint density at radius 1 is 0.600 bits per heavy atom. The summed E-state index contributed by atoms with van der Waals surface area (Å²) in [6, 6.07) is 27.7. The molecule has 2 heteroatoms. The number of methoxy groups -OCH3 is 2. The summed E-state index contributed by atoms with van der Waals surface area (Å²) in [5.41, 5.74) is 14.6. The van der Waals surface area contributed by atoms with Crippen LogP contribution in [0.2, 0.25) is 0 Å². The molecule has 2 nitrogen and oxygen atoms in total.